The highest BCUT2D eigenvalue weighted by molar-refractivity contribution is 6.12. The van der Waals surface area contributed by atoms with Gasteiger partial charge >= 0.3 is 5.97 Å². The molecule has 0 N–H and O–H groups in total. The summed E-state index contributed by atoms with van der Waals surface area (Å²) < 4.78 is 29.9. The van der Waals surface area contributed by atoms with Crippen LogP contribution in [0.15, 0.2) is 77.4 Å². The van der Waals surface area contributed by atoms with Gasteiger partial charge in [-0.3, -0.25) is 0 Å². The number of nitrogens with zero attached hydrogens (tertiary/aromatic N) is 1. The first-order valence-electron chi connectivity index (χ1n) is 9.67. The number of rotatable bonds is 6. The van der Waals surface area contributed by atoms with Gasteiger partial charge in [-0.15, -0.1) is 0 Å². The van der Waals surface area contributed by atoms with Crippen molar-refractivity contribution in [1.29, 1.82) is 0 Å². The molecule has 4 rings (SSSR count). The van der Waals surface area contributed by atoms with E-state index in [1.165, 1.54) is 23.8 Å². The minimum Gasteiger partial charge on any atom is -0.493 e. The molecule has 0 radical (unpaired) electrons. The Morgan fingerprint density at radius 3 is 2.58 bits per heavy atom. The van der Waals surface area contributed by atoms with E-state index in [0.717, 1.165) is 5.56 Å². The van der Waals surface area contributed by atoms with Gasteiger partial charge in [-0.2, -0.15) is 0 Å². The molecule has 0 saturated carbocycles. The minimum absolute atomic E-state index is 0.0702. The van der Waals surface area contributed by atoms with Gasteiger partial charge in [0.15, 0.2) is 17.2 Å². The minimum atomic E-state index is -0.599. The Morgan fingerprint density at radius 2 is 1.84 bits per heavy atom. The monoisotopic (exact) mass is 417 g/mol. The molecule has 0 fully saturated rings. The van der Waals surface area contributed by atoms with E-state index in [-0.39, 0.29) is 11.6 Å². The Kier molecular flexibility index (Phi) is 5.80. The van der Waals surface area contributed by atoms with Gasteiger partial charge in [0.25, 0.3) is 0 Å². The van der Waals surface area contributed by atoms with Crippen LogP contribution >= 0.6 is 0 Å². The molecule has 5 nitrogen and oxygen atoms in total. The van der Waals surface area contributed by atoms with Gasteiger partial charge in [-0.1, -0.05) is 42.0 Å². The predicted molar refractivity (Wildman–Crippen MR) is 116 cm³/mol. The Labute approximate surface area is 179 Å². The van der Waals surface area contributed by atoms with Crippen molar-refractivity contribution in [3.8, 4) is 11.5 Å². The summed E-state index contributed by atoms with van der Waals surface area (Å²) in [5.41, 5.74) is 3.44. The van der Waals surface area contributed by atoms with Crippen molar-refractivity contribution >= 4 is 17.9 Å². The Hall–Kier alpha value is -3.93. The number of esters is 1. The summed E-state index contributed by atoms with van der Waals surface area (Å²) in [6, 6.07) is 19.1. The van der Waals surface area contributed by atoms with Crippen LogP contribution in [-0.2, 0) is 16.1 Å². The van der Waals surface area contributed by atoms with Crippen molar-refractivity contribution < 1.29 is 23.4 Å². The van der Waals surface area contributed by atoms with Crippen LogP contribution in [0.1, 0.15) is 22.3 Å². The highest BCUT2D eigenvalue weighted by Gasteiger charge is 2.24. The number of cyclic esters (lactones) is 1. The number of aryl methyl sites for hydroxylation is 1. The van der Waals surface area contributed by atoms with Crippen molar-refractivity contribution in [3.05, 3.63) is 100 Å². The first-order valence-corrected chi connectivity index (χ1v) is 9.67. The molecule has 0 bridgehead atoms. The molecule has 0 aliphatic carbocycles. The molecule has 0 aromatic heterocycles. The molecule has 0 amide bonds. The number of carbonyl (C=O) groups excluding carboxylic acids is 1. The first kappa shape index (κ1) is 20.3. The van der Waals surface area contributed by atoms with E-state index in [9.17, 15) is 9.18 Å². The zero-order valence-electron chi connectivity index (χ0n) is 17.1. The summed E-state index contributed by atoms with van der Waals surface area (Å²) in [5.74, 6) is 0.156. The quantitative estimate of drug-likeness (QED) is 0.415. The lowest BCUT2D eigenvalue weighted by molar-refractivity contribution is -0.129. The van der Waals surface area contributed by atoms with E-state index in [1.54, 1.807) is 37.5 Å². The molecule has 1 heterocycles. The van der Waals surface area contributed by atoms with Crippen LogP contribution in [0.4, 0.5) is 4.39 Å². The van der Waals surface area contributed by atoms with Crippen molar-refractivity contribution in [3.63, 3.8) is 0 Å². The van der Waals surface area contributed by atoms with Crippen LogP contribution in [0.2, 0.25) is 0 Å². The standard InChI is InChI=1S/C25H20FNO4/c1-16-6-8-17(9-7-16)15-30-22-11-10-18(13-23(22)29-2)12-21-25(28)31-24(27-21)19-4-3-5-20(26)14-19/h3-14H,15H2,1-2H3/b21-12-. The maximum atomic E-state index is 13.4. The molecule has 31 heavy (non-hydrogen) atoms. The molecule has 0 unspecified atom stereocenters. The Morgan fingerprint density at radius 1 is 1.03 bits per heavy atom. The SMILES string of the molecule is COc1cc(/C=C2\N=C(c3cccc(F)c3)OC2=O)ccc1OCc1ccc(C)cc1. The van der Waals surface area contributed by atoms with Crippen molar-refractivity contribution in [2.75, 3.05) is 7.11 Å². The molecular weight excluding hydrogens is 397 g/mol. The Balaban J connectivity index is 1.53. The summed E-state index contributed by atoms with van der Waals surface area (Å²) in [4.78, 5) is 16.4. The zero-order valence-corrected chi connectivity index (χ0v) is 17.1. The highest BCUT2D eigenvalue weighted by Crippen LogP contribution is 2.30. The fraction of sp³-hybridized carbons (Fsp3) is 0.120. The van der Waals surface area contributed by atoms with E-state index < -0.39 is 11.8 Å². The van der Waals surface area contributed by atoms with Gasteiger partial charge in [-0.05, 0) is 54.5 Å². The number of ether oxygens (including phenoxy) is 3. The van der Waals surface area contributed by atoms with Gasteiger partial charge in [0.2, 0.25) is 5.90 Å². The van der Waals surface area contributed by atoms with E-state index in [0.29, 0.717) is 29.2 Å². The Bertz CT molecular complexity index is 1180. The van der Waals surface area contributed by atoms with Crippen molar-refractivity contribution in [2.24, 2.45) is 4.99 Å². The van der Waals surface area contributed by atoms with Gasteiger partial charge in [-0.25, -0.2) is 14.2 Å². The lowest BCUT2D eigenvalue weighted by atomic mass is 10.1. The largest absolute Gasteiger partial charge is 0.493 e. The van der Waals surface area contributed by atoms with E-state index in [1.807, 2.05) is 31.2 Å². The fourth-order valence-electron chi connectivity index (χ4n) is 3.05. The predicted octanol–water partition coefficient (Wildman–Crippen LogP) is 5.07. The second kappa shape index (κ2) is 8.83. The summed E-state index contributed by atoms with van der Waals surface area (Å²) in [6.45, 7) is 2.44. The van der Waals surface area contributed by atoms with Crippen LogP contribution in [0, 0.1) is 12.7 Å². The number of aliphatic imine (C=N–C) groups is 1. The summed E-state index contributed by atoms with van der Waals surface area (Å²) >= 11 is 0. The van der Waals surface area contributed by atoms with Crippen molar-refractivity contribution in [2.45, 2.75) is 13.5 Å². The molecule has 1 aliphatic rings. The van der Waals surface area contributed by atoms with E-state index in [4.69, 9.17) is 14.2 Å². The number of halogens is 1. The van der Waals surface area contributed by atoms with Gasteiger partial charge in [0.05, 0.1) is 7.11 Å². The average Bonchev–Trinajstić information content (AvgIpc) is 3.14. The molecule has 3 aromatic carbocycles. The van der Waals surface area contributed by atoms with E-state index >= 15 is 0 Å². The van der Waals surface area contributed by atoms with Crippen LogP contribution in [-0.4, -0.2) is 19.0 Å². The third kappa shape index (κ3) is 4.80. The smallest absolute Gasteiger partial charge is 0.363 e. The number of hydrogen-bond donors (Lipinski definition) is 0. The number of carbonyl (C=O) groups is 1. The van der Waals surface area contributed by atoms with Crippen LogP contribution < -0.4 is 9.47 Å². The lowest BCUT2D eigenvalue weighted by Crippen LogP contribution is -2.05. The normalized spacial score (nSPS) is 14.4. The lowest BCUT2D eigenvalue weighted by Gasteiger charge is -2.11. The summed E-state index contributed by atoms with van der Waals surface area (Å²) in [5, 5.41) is 0. The molecule has 156 valence electrons. The second-order valence-corrected chi connectivity index (χ2v) is 7.03. The zero-order chi connectivity index (χ0) is 21.8. The van der Waals surface area contributed by atoms with Gasteiger partial charge in [0.1, 0.15) is 12.4 Å². The third-order valence-corrected chi connectivity index (χ3v) is 4.70. The third-order valence-electron chi connectivity index (χ3n) is 4.70. The number of methoxy groups -OCH3 is 1. The maximum Gasteiger partial charge on any atom is 0.363 e. The number of benzene rings is 3. The molecule has 0 atom stereocenters. The van der Waals surface area contributed by atoms with E-state index in [2.05, 4.69) is 4.99 Å². The molecular formula is C25H20FNO4. The molecule has 0 saturated heterocycles. The topological polar surface area (TPSA) is 57.1 Å². The summed E-state index contributed by atoms with van der Waals surface area (Å²) in [7, 11) is 1.55. The molecule has 6 heteroatoms. The number of hydrogen-bond acceptors (Lipinski definition) is 5. The summed E-state index contributed by atoms with van der Waals surface area (Å²) in [6.07, 6.45) is 1.58. The van der Waals surface area contributed by atoms with Crippen LogP contribution in [0.3, 0.4) is 0 Å². The van der Waals surface area contributed by atoms with Gasteiger partial charge < -0.3 is 14.2 Å². The van der Waals surface area contributed by atoms with Gasteiger partial charge in [0, 0.05) is 5.56 Å². The second-order valence-electron chi connectivity index (χ2n) is 7.03. The van der Waals surface area contributed by atoms with Crippen LogP contribution in [0.25, 0.3) is 6.08 Å². The van der Waals surface area contributed by atoms with Crippen molar-refractivity contribution in [1.82, 2.24) is 0 Å². The van der Waals surface area contributed by atoms with Crippen LogP contribution in [0.5, 0.6) is 11.5 Å². The maximum absolute atomic E-state index is 13.4. The molecule has 1 aliphatic heterocycles. The average molecular weight is 417 g/mol. The fourth-order valence-corrected chi connectivity index (χ4v) is 3.05. The molecule has 0 spiro atoms. The first-order chi connectivity index (χ1) is 15.0. The molecule has 3 aromatic rings. The highest BCUT2D eigenvalue weighted by atomic mass is 19.1.